The topological polar surface area (TPSA) is 142 Å². The van der Waals surface area contributed by atoms with E-state index in [9.17, 15) is 35.9 Å². The Kier molecular flexibility index (Phi) is 9.56. The van der Waals surface area contributed by atoms with Gasteiger partial charge < -0.3 is 15.4 Å². The minimum Gasteiger partial charge on any atom is -0.406 e. The van der Waals surface area contributed by atoms with Gasteiger partial charge in [-0.3, -0.25) is 23.9 Å². The Morgan fingerprint density at radius 1 is 0.791 bits per heavy atom. The van der Waals surface area contributed by atoms with Gasteiger partial charge >= 0.3 is 12.5 Å². The first-order valence-corrected chi connectivity index (χ1v) is 12.6. The molecular weight excluding hydrogens is 588 g/mol. The molecule has 0 aliphatic carbocycles. The molecule has 0 atom stereocenters. The number of pyridine rings is 1. The summed E-state index contributed by atoms with van der Waals surface area (Å²) in [4.78, 5) is 28.2. The molecule has 0 aliphatic rings. The lowest BCUT2D eigenvalue weighted by atomic mass is 10.2. The molecule has 43 heavy (non-hydrogen) atoms. The standard InChI is InChI=1S/C25H23F6N9O3/c26-24(27,28)18-8-17(10-32-13-18)12-34-23(42)21-15-40(38-36-21)7-2-1-6-39-14-20(35-37-39)22(41)33-11-16-4-3-5-19(9-16)43-25(29,30)31/h3-5,8-10,13-15H,1-2,6-7,11-12H2,(H,33,41)(H,34,42). The Hall–Kier alpha value is -5.03. The fourth-order valence-corrected chi connectivity index (χ4v) is 3.71. The van der Waals surface area contributed by atoms with Crippen molar-refractivity contribution in [3.05, 3.63) is 83.2 Å². The minimum absolute atomic E-state index is 0.00790. The predicted octanol–water partition coefficient (Wildman–Crippen LogP) is 3.52. The van der Waals surface area contributed by atoms with E-state index in [4.69, 9.17) is 0 Å². The molecule has 0 fully saturated rings. The highest BCUT2D eigenvalue weighted by atomic mass is 19.4. The van der Waals surface area contributed by atoms with Crippen LogP contribution in [0, 0.1) is 0 Å². The van der Waals surface area contributed by atoms with Crippen molar-refractivity contribution in [2.45, 2.75) is 51.6 Å². The SMILES string of the molecule is O=C(NCc1cccc(OC(F)(F)F)c1)c1cn(CCCCn2cc(C(=O)NCc3cncc(C(F)(F)F)c3)nn2)nn1. The van der Waals surface area contributed by atoms with Gasteiger partial charge in [-0.1, -0.05) is 22.6 Å². The number of carbonyl (C=O) groups is 2. The van der Waals surface area contributed by atoms with Crippen molar-refractivity contribution in [3.63, 3.8) is 0 Å². The van der Waals surface area contributed by atoms with Crippen LogP contribution in [0.5, 0.6) is 5.75 Å². The van der Waals surface area contributed by atoms with Gasteiger partial charge in [-0.05, 0) is 42.2 Å². The van der Waals surface area contributed by atoms with E-state index in [0.717, 1.165) is 18.2 Å². The van der Waals surface area contributed by atoms with Crippen LogP contribution in [0.15, 0.2) is 55.1 Å². The summed E-state index contributed by atoms with van der Waals surface area (Å²) in [5.41, 5.74) is -0.334. The van der Waals surface area contributed by atoms with Crippen LogP contribution in [0.2, 0.25) is 0 Å². The zero-order chi connectivity index (χ0) is 31.0. The van der Waals surface area contributed by atoms with E-state index < -0.39 is 35.7 Å². The van der Waals surface area contributed by atoms with Gasteiger partial charge in [-0.2, -0.15) is 13.2 Å². The maximum Gasteiger partial charge on any atom is 0.573 e. The third kappa shape index (κ3) is 9.50. The Morgan fingerprint density at radius 3 is 1.93 bits per heavy atom. The number of unbranched alkanes of at least 4 members (excludes halogenated alkanes) is 1. The molecule has 0 saturated carbocycles. The van der Waals surface area contributed by atoms with Crippen LogP contribution < -0.4 is 15.4 Å². The molecule has 4 aromatic rings. The molecule has 3 aromatic heterocycles. The molecule has 0 bridgehead atoms. The average molecular weight is 612 g/mol. The lowest BCUT2D eigenvalue weighted by Crippen LogP contribution is -2.23. The Balaban J connectivity index is 1.17. The van der Waals surface area contributed by atoms with Crippen LogP contribution >= 0.6 is 0 Å². The summed E-state index contributed by atoms with van der Waals surface area (Å²) in [5.74, 6) is -1.58. The summed E-state index contributed by atoms with van der Waals surface area (Å²) < 4.78 is 82.4. The number of ether oxygens (including phenoxy) is 1. The molecule has 18 heteroatoms. The number of nitrogens with zero attached hydrogens (tertiary/aromatic N) is 7. The molecule has 1 aromatic carbocycles. The van der Waals surface area contributed by atoms with Crippen molar-refractivity contribution in [2.24, 2.45) is 0 Å². The molecule has 0 radical (unpaired) electrons. The minimum atomic E-state index is -4.83. The van der Waals surface area contributed by atoms with Crippen LogP contribution in [0.3, 0.4) is 0 Å². The number of alkyl halides is 6. The van der Waals surface area contributed by atoms with E-state index in [2.05, 4.69) is 41.0 Å². The molecule has 228 valence electrons. The molecule has 4 rings (SSSR count). The zero-order valence-corrected chi connectivity index (χ0v) is 22.1. The van der Waals surface area contributed by atoms with Gasteiger partial charge in [-0.25, -0.2) is 0 Å². The maximum absolute atomic E-state index is 12.8. The third-order valence-corrected chi connectivity index (χ3v) is 5.73. The summed E-state index contributed by atoms with van der Waals surface area (Å²) >= 11 is 0. The van der Waals surface area contributed by atoms with Gasteiger partial charge in [0.05, 0.1) is 18.0 Å². The summed E-state index contributed by atoms with van der Waals surface area (Å²) in [6.45, 7) is 0.576. The molecular formula is C25H23F6N9O3. The van der Waals surface area contributed by atoms with Crippen molar-refractivity contribution >= 4 is 11.8 Å². The van der Waals surface area contributed by atoms with Crippen molar-refractivity contribution in [1.29, 1.82) is 0 Å². The van der Waals surface area contributed by atoms with Gasteiger partial charge in [0.25, 0.3) is 11.8 Å². The number of hydrogen-bond acceptors (Lipinski definition) is 8. The predicted molar refractivity (Wildman–Crippen MR) is 134 cm³/mol. The van der Waals surface area contributed by atoms with Gasteiger partial charge in [0, 0.05) is 38.6 Å². The van der Waals surface area contributed by atoms with Crippen LogP contribution in [0.4, 0.5) is 26.3 Å². The largest absolute Gasteiger partial charge is 0.573 e. The number of aryl methyl sites for hydroxylation is 2. The maximum atomic E-state index is 12.8. The monoisotopic (exact) mass is 611 g/mol. The number of carbonyl (C=O) groups excluding carboxylic acids is 2. The fraction of sp³-hybridized carbons (Fsp3) is 0.320. The second kappa shape index (κ2) is 13.3. The van der Waals surface area contributed by atoms with E-state index in [1.165, 1.54) is 40.1 Å². The molecule has 2 N–H and O–H groups in total. The summed E-state index contributed by atoms with van der Waals surface area (Å²) in [5, 5.41) is 20.4. The average Bonchev–Trinajstić information content (AvgIpc) is 3.62. The van der Waals surface area contributed by atoms with Crippen LogP contribution in [0.1, 0.15) is 50.5 Å². The highest BCUT2D eigenvalue weighted by Gasteiger charge is 2.31. The van der Waals surface area contributed by atoms with E-state index >= 15 is 0 Å². The van der Waals surface area contributed by atoms with E-state index in [0.29, 0.717) is 37.7 Å². The smallest absolute Gasteiger partial charge is 0.406 e. The van der Waals surface area contributed by atoms with Crippen molar-refractivity contribution in [2.75, 3.05) is 0 Å². The van der Waals surface area contributed by atoms with Crippen LogP contribution in [-0.2, 0) is 32.4 Å². The van der Waals surface area contributed by atoms with Gasteiger partial charge in [0.15, 0.2) is 11.4 Å². The Bertz CT molecular complexity index is 1550. The number of nitrogens with one attached hydrogen (secondary N) is 2. The van der Waals surface area contributed by atoms with Crippen LogP contribution in [0.25, 0.3) is 0 Å². The van der Waals surface area contributed by atoms with Crippen molar-refractivity contribution < 1.29 is 40.7 Å². The van der Waals surface area contributed by atoms with E-state index in [1.807, 2.05) is 0 Å². The number of rotatable bonds is 12. The molecule has 12 nitrogen and oxygen atoms in total. The first-order valence-electron chi connectivity index (χ1n) is 12.6. The van der Waals surface area contributed by atoms with Crippen molar-refractivity contribution in [3.8, 4) is 5.75 Å². The Labute approximate surface area is 239 Å². The molecule has 0 unspecified atom stereocenters. The molecule has 0 spiro atoms. The first kappa shape index (κ1) is 30.9. The summed E-state index contributed by atoms with van der Waals surface area (Å²) in [7, 11) is 0. The number of benzene rings is 1. The second-order valence-electron chi connectivity index (χ2n) is 9.08. The van der Waals surface area contributed by atoms with Crippen LogP contribution in [-0.4, -0.2) is 53.1 Å². The lowest BCUT2D eigenvalue weighted by molar-refractivity contribution is -0.274. The normalized spacial score (nSPS) is 11.8. The zero-order valence-electron chi connectivity index (χ0n) is 22.1. The highest BCUT2D eigenvalue weighted by molar-refractivity contribution is 5.92. The lowest BCUT2D eigenvalue weighted by Gasteiger charge is -2.10. The first-order chi connectivity index (χ1) is 20.4. The number of hydrogen-bond donors (Lipinski definition) is 2. The quantitative estimate of drug-likeness (QED) is 0.183. The molecule has 0 aliphatic heterocycles. The molecule has 0 saturated heterocycles. The third-order valence-electron chi connectivity index (χ3n) is 5.73. The van der Waals surface area contributed by atoms with Gasteiger partial charge in [-0.15, -0.1) is 23.4 Å². The second-order valence-corrected chi connectivity index (χ2v) is 9.08. The van der Waals surface area contributed by atoms with E-state index in [-0.39, 0.29) is 30.0 Å². The van der Waals surface area contributed by atoms with E-state index in [1.54, 1.807) is 0 Å². The summed E-state index contributed by atoms with van der Waals surface area (Å²) in [6.07, 6.45) is -3.43. The molecule has 2 amide bonds. The van der Waals surface area contributed by atoms with Gasteiger partial charge in [0.1, 0.15) is 5.75 Å². The number of amides is 2. The number of aromatic nitrogens is 7. The van der Waals surface area contributed by atoms with Crippen molar-refractivity contribution in [1.82, 2.24) is 45.6 Å². The Morgan fingerprint density at radius 2 is 1.37 bits per heavy atom. The highest BCUT2D eigenvalue weighted by Crippen LogP contribution is 2.29. The van der Waals surface area contributed by atoms with Gasteiger partial charge in [0.2, 0.25) is 0 Å². The fourth-order valence-electron chi connectivity index (χ4n) is 3.71. The number of halogens is 6. The summed E-state index contributed by atoms with van der Waals surface area (Å²) in [6, 6.07) is 6.11. The molecule has 3 heterocycles.